The Morgan fingerprint density at radius 2 is 1.40 bits per heavy atom. The van der Waals surface area contributed by atoms with Gasteiger partial charge in [-0.3, -0.25) is 0 Å². The molecule has 0 spiro atoms. The molecule has 0 N–H and O–H groups in total. The minimum atomic E-state index is -2.45. The second-order valence-corrected chi connectivity index (χ2v) is 31.8. The molecule has 0 radical (unpaired) electrons. The van der Waals surface area contributed by atoms with Crippen molar-refractivity contribution in [1.29, 1.82) is 0 Å². The van der Waals surface area contributed by atoms with Crippen LogP contribution in [0.4, 0.5) is 0 Å². The quantitative estimate of drug-likeness (QED) is 0.151. The Kier molecular flexibility index (Phi) is 7.33. The first kappa shape index (κ1) is 28.3. The van der Waals surface area contributed by atoms with Gasteiger partial charge in [0.2, 0.25) is 0 Å². The monoisotopic (exact) mass is 718 g/mol. The van der Waals surface area contributed by atoms with Gasteiger partial charge in [-0.25, -0.2) is 0 Å². The number of allylic oxidation sites excluding steroid dienone is 2. The average Bonchev–Trinajstić information content (AvgIpc) is 3.31. The molecule has 0 aromatic heterocycles. The van der Waals surface area contributed by atoms with Crippen molar-refractivity contribution in [2.75, 3.05) is 0 Å². The molecule has 1 aliphatic heterocycles. The Morgan fingerprint density at radius 3 is 2.10 bits per heavy atom. The van der Waals surface area contributed by atoms with E-state index in [1.807, 2.05) is 0 Å². The maximum absolute atomic E-state index is 2.63. The van der Waals surface area contributed by atoms with Crippen LogP contribution in [0.25, 0.3) is 34.1 Å². The number of benzene rings is 4. The molecule has 1 fully saturated rings. The van der Waals surface area contributed by atoms with Crippen LogP contribution in [0, 0.1) is 5.41 Å². The minimum absolute atomic E-state index is 0.218. The molecule has 5 atom stereocenters. The van der Waals surface area contributed by atoms with Gasteiger partial charge in [0, 0.05) is 0 Å². The van der Waals surface area contributed by atoms with Crippen molar-refractivity contribution in [3.05, 3.63) is 118 Å². The Labute approximate surface area is 258 Å². The molecule has 0 amide bonds. The summed E-state index contributed by atoms with van der Waals surface area (Å²) in [6, 6.07) is 32.2. The Morgan fingerprint density at radius 1 is 0.738 bits per heavy atom. The molecule has 4 aromatic rings. The van der Waals surface area contributed by atoms with Crippen molar-refractivity contribution in [2.45, 2.75) is 81.9 Å². The molecule has 5 unspecified atom stereocenters. The number of rotatable bonds is 9. The van der Waals surface area contributed by atoms with Gasteiger partial charge in [-0.05, 0) is 0 Å². The van der Waals surface area contributed by atoms with Gasteiger partial charge >= 0.3 is 260 Å². The zero-order chi connectivity index (χ0) is 29.1. The molecule has 0 saturated carbocycles. The standard InChI is InChI=1S/C34H31.C4H9.C3H6.Hf/c1-5-34(4,33-23(3)21-31-26-15-10-9-14-25(26)18-19-29(31)33)32-22(2)20-30-27(16-11-17-28(30)32)24-12-7-6-8-13-24;1-3-4-2;1-3-2;/h6-21,32-33H,4-5H2,1-3H3;1,3-4H2,2H3;3H,1H2,2H3;. The summed E-state index contributed by atoms with van der Waals surface area (Å²) in [5, 5.41) is 2.80. The van der Waals surface area contributed by atoms with Crippen molar-refractivity contribution in [2.24, 2.45) is 5.41 Å². The van der Waals surface area contributed by atoms with Gasteiger partial charge < -0.3 is 0 Å². The number of unbranched alkanes of at least 4 members (excludes halogenated alkanes) is 1. The predicted molar refractivity (Wildman–Crippen MR) is 180 cm³/mol. The Hall–Kier alpha value is -2.51. The molecule has 0 bridgehead atoms. The SMILES string of the molecule is CCC[CH2][Hf]1([CH2]C(CC)(C2C(C)=Cc3c(-c4ccccc4)cccc32)C2C(C)=Cc3c2ccc2ccccc32)[CH2][CH]1C. The van der Waals surface area contributed by atoms with Crippen molar-refractivity contribution < 1.29 is 20.0 Å². The fourth-order valence-corrected chi connectivity index (χ4v) is 37.8. The first-order valence-corrected chi connectivity index (χ1v) is 26.2. The van der Waals surface area contributed by atoms with Crippen molar-refractivity contribution in [3.8, 4) is 11.1 Å². The zero-order valence-corrected chi connectivity index (χ0v) is 29.8. The van der Waals surface area contributed by atoms with E-state index in [-0.39, 0.29) is 5.41 Å². The molecular formula is C41H46Hf. The van der Waals surface area contributed by atoms with Gasteiger partial charge in [-0.2, -0.15) is 0 Å². The molecule has 7 rings (SSSR count). The van der Waals surface area contributed by atoms with Crippen molar-refractivity contribution in [1.82, 2.24) is 0 Å². The van der Waals surface area contributed by atoms with E-state index in [2.05, 4.69) is 132 Å². The first-order valence-electron chi connectivity index (χ1n) is 16.5. The van der Waals surface area contributed by atoms with Crippen LogP contribution in [0.1, 0.15) is 88.0 Å². The van der Waals surface area contributed by atoms with E-state index in [9.17, 15) is 0 Å². The van der Waals surface area contributed by atoms with Gasteiger partial charge in [0.25, 0.3) is 0 Å². The molecule has 1 heteroatoms. The summed E-state index contributed by atoms with van der Waals surface area (Å²) in [6.07, 6.45) is 9.18. The van der Waals surface area contributed by atoms with Crippen molar-refractivity contribution in [3.63, 3.8) is 0 Å². The normalized spacial score (nSPS) is 25.5. The molecule has 42 heavy (non-hydrogen) atoms. The average molecular weight is 717 g/mol. The Balaban J connectivity index is 1.44. The third-order valence-electron chi connectivity index (χ3n) is 11.6. The van der Waals surface area contributed by atoms with Gasteiger partial charge in [-0.15, -0.1) is 0 Å². The fraction of sp³-hybridized carbons (Fsp3) is 0.366. The molecule has 0 nitrogen and oxygen atoms in total. The van der Waals surface area contributed by atoms with E-state index in [1.54, 1.807) is 30.6 Å². The van der Waals surface area contributed by atoms with E-state index in [0.29, 0.717) is 11.8 Å². The van der Waals surface area contributed by atoms with Gasteiger partial charge in [0.15, 0.2) is 0 Å². The summed E-state index contributed by atoms with van der Waals surface area (Å²) < 4.78 is 5.78. The van der Waals surface area contributed by atoms with Gasteiger partial charge in [0.05, 0.1) is 0 Å². The molecular weight excluding hydrogens is 671 g/mol. The van der Waals surface area contributed by atoms with Gasteiger partial charge in [0.1, 0.15) is 0 Å². The number of hydrogen-bond acceptors (Lipinski definition) is 0. The molecule has 1 saturated heterocycles. The van der Waals surface area contributed by atoms with Crippen LogP contribution in [0.15, 0.2) is 96.1 Å². The van der Waals surface area contributed by atoms with E-state index in [0.717, 1.165) is 3.67 Å². The third kappa shape index (κ3) is 4.40. The molecule has 1 heterocycles. The van der Waals surface area contributed by atoms with E-state index in [4.69, 9.17) is 0 Å². The van der Waals surface area contributed by atoms with Gasteiger partial charge in [-0.1, -0.05) is 0 Å². The summed E-state index contributed by atoms with van der Waals surface area (Å²) in [4.78, 5) is 0. The maximum atomic E-state index is 2.63. The fourth-order valence-electron chi connectivity index (χ4n) is 9.55. The van der Waals surface area contributed by atoms with Crippen molar-refractivity contribution >= 4 is 22.9 Å². The Bertz CT molecular complexity index is 1710. The van der Waals surface area contributed by atoms with Crippen LogP contribution in [0.3, 0.4) is 0 Å². The topological polar surface area (TPSA) is 0 Å². The molecule has 214 valence electrons. The van der Waals surface area contributed by atoms with Crippen LogP contribution < -0.4 is 0 Å². The van der Waals surface area contributed by atoms with E-state index in [1.165, 1.54) is 56.5 Å². The second-order valence-electron chi connectivity index (χ2n) is 13.9. The van der Waals surface area contributed by atoms with E-state index >= 15 is 0 Å². The zero-order valence-electron chi connectivity index (χ0n) is 26.2. The van der Waals surface area contributed by atoms with Crippen LogP contribution in [-0.4, -0.2) is 0 Å². The summed E-state index contributed by atoms with van der Waals surface area (Å²) in [7, 11) is 0. The summed E-state index contributed by atoms with van der Waals surface area (Å²) in [5.74, 6) is 0.950. The third-order valence-corrected chi connectivity index (χ3v) is 32.8. The van der Waals surface area contributed by atoms with Crippen LogP contribution in [0.5, 0.6) is 0 Å². The summed E-state index contributed by atoms with van der Waals surface area (Å²) >= 11 is -2.45. The predicted octanol–water partition coefficient (Wildman–Crippen LogP) is 12.6. The second kappa shape index (κ2) is 10.9. The molecule has 2 aliphatic carbocycles. The molecule has 4 aromatic carbocycles. The first-order chi connectivity index (χ1) is 20.4. The summed E-state index contributed by atoms with van der Waals surface area (Å²) in [5.41, 5.74) is 12.3. The van der Waals surface area contributed by atoms with Crippen LogP contribution >= 0.6 is 0 Å². The van der Waals surface area contributed by atoms with E-state index < -0.39 is 20.0 Å². The number of fused-ring (bicyclic) bond motifs is 4. The summed E-state index contributed by atoms with van der Waals surface area (Å²) in [6.45, 7) is 12.5. The van der Waals surface area contributed by atoms with Crippen LogP contribution in [0.2, 0.25) is 16.2 Å². The number of hydrogen-bond donors (Lipinski definition) is 0. The molecule has 3 aliphatic rings. The van der Waals surface area contributed by atoms with Crippen LogP contribution in [-0.2, 0) is 20.0 Å².